The van der Waals surface area contributed by atoms with Gasteiger partial charge in [-0.25, -0.2) is 0 Å². The first-order valence-electron chi connectivity index (χ1n) is 6.80. The highest BCUT2D eigenvalue weighted by Crippen LogP contribution is 2.48. The molecule has 90 valence electrons. The Morgan fingerprint density at radius 3 is 2.56 bits per heavy atom. The lowest BCUT2D eigenvalue weighted by molar-refractivity contribution is -0.127. The Morgan fingerprint density at radius 2 is 2.00 bits per heavy atom. The van der Waals surface area contributed by atoms with E-state index >= 15 is 0 Å². The third-order valence-electron chi connectivity index (χ3n) is 4.97. The fraction of sp³-hybridized carbons (Fsp3) is 0.923. The molecule has 16 heavy (non-hydrogen) atoms. The molecule has 3 rings (SSSR count). The van der Waals surface area contributed by atoms with Crippen LogP contribution in [-0.4, -0.2) is 18.0 Å². The molecule has 3 fully saturated rings. The highest BCUT2D eigenvalue weighted by molar-refractivity contribution is 5.79. The van der Waals surface area contributed by atoms with Crippen molar-refractivity contribution >= 4 is 5.91 Å². The quantitative estimate of drug-likeness (QED) is 0.742. The molecule has 0 radical (unpaired) electrons. The number of carbonyl (C=O) groups excluding carboxylic acids is 1. The van der Waals surface area contributed by atoms with E-state index in [0.717, 1.165) is 25.2 Å². The summed E-state index contributed by atoms with van der Waals surface area (Å²) in [4.78, 5) is 12.2. The van der Waals surface area contributed by atoms with Gasteiger partial charge in [-0.1, -0.05) is 6.42 Å². The summed E-state index contributed by atoms with van der Waals surface area (Å²) in [5.41, 5.74) is 5.99. The van der Waals surface area contributed by atoms with Crippen LogP contribution in [0.4, 0.5) is 0 Å². The van der Waals surface area contributed by atoms with Crippen LogP contribution in [0.3, 0.4) is 0 Å². The largest absolute Gasteiger partial charge is 0.352 e. The van der Waals surface area contributed by atoms with Crippen molar-refractivity contribution in [1.82, 2.24) is 5.32 Å². The summed E-state index contributed by atoms with van der Waals surface area (Å²) in [7, 11) is 0. The number of rotatable bonds is 2. The smallest absolute Gasteiger partial charge is 0.223 e. The minimum atomic E-state index is 0.197. The van der Waals surface area contributed by atoms with E-state index < -0.39 is 0 Å². The average molecular weight is 222 g/mol. The number of amides is 1. The van der Waals surface area contributed by atoms with Crippen LogP contribution in [0, 0.1) is 17.8 Å². The van der Waals surface area contributed by atoms with E-state index in [9.17, 15) is 4.79 Å². The highest BCUT2D eigenvalue weighted by atomic mass is 16.2. The average Bonchev–Trinajstić information content (AvgIpc) is 2.95. The first kappa shape index (κ1) is 10.6. The number of hydrogen-bond acceptors (Lipinski definition) is 2. The van der Waals surface area contributed by atoms with E-state index in [1.165, 1.54) is 25.7 Å². The zero-order chi connectivity index (χ0) is 11.1. The van der Waals surface area contributed by atoms with Crippen LogP contribution < -0.4 is 11.1 Å². The lowest BCUT2D eigenvalue weighted by Crippen LogP contribution is -2.47. The van der Waals surface area contributed by atoms with E-state index in [2.05, 4.69) is 5.32 Å². The Labute approximate surface area is 97.2 Å². The summed E-state index contributed by atoms with van der Waals surface area (Å²) in [6, 6.07) is 0.453. The molecule has 0 aromatic rings. The van der Waals surface area contributed by atoms with Gasteiger partial charge in [0.1, 0.15) is 0 Å². The monoisotopic (exact) mass is 222 g/mol. The fourth-order valence-corrected chi connectivity index (χ4v) is 4.02. The predicted octanol–water partition coefficient (Wildman–Crippen LogP) is 1.42. The number of carbonyl (C=O) groups is 1. The Hall–Kier alpha value is -0.570. The predicted molar refractivity (Wildman–Crippen MR) is 62.7 cm³/mol. The van der Waals surface area contributed by atoms with E-state index in [0.29, 0.717) is 17.7 Å². The van der Waals surface area contributed by atoms with Crippen LogP contribution in [0.15, 0.2) is 0 Å². The Kier molecular flexibility index (Phi) is 2.66. The van der Waals surface area contributed by atoms with Gasteiger partial charge in [-0.2, -0.15) is 0 Å². The summed E-state index contributed by atoms with van der Waals surface area (Å²) in [6.07, 6.45) is 8.39. The minimum Gasteiger partial charge on any atom is -0.352 e. The molecule has 0 aliphatic heterocycles. The number of nitrogens with one attached hydrogen (secondary N) is 1. The third kappa shape index (κ3) is 1.75. The van der Waals surface area contributed by atoms with Crippen molar-refractivity contribution < 1.29 is 4.79 Å². The molecule has 0 heterocycles. The van der Waals surface area contributed by atoms with Gasteiger partial charge in [0, 0.05) is 18.0 Å². The first-order valence-corrected chi connectivity index (χ1v) is 6.80. The Balaban J connectivity index is 1.57. The number of fused-ring (bicyclic) bond motifs is 2. The molecule has 3 aliphatic rings. The number of hydrogen-bond donors (Lipinski definition) is 2. The Bertz CT molecular complexity index is 292. The summed E-state index contributed by atoms with van der Waals surface area (Å²) >= 11 is 0. The van der Waals surface area contributed by atoms with Crippen LogP contribution in [0.25, 0.3) is 0 Å². The van der Waals surface area contributed by atoms with Crippen molar-refractivity contribution in [2.24, 2.45) is 23.5 Å². The van der Waals surface area contributed by atoms with E-state index in [-0.39, 0.29) is 12.1 Å². The maximum absolute atomic E-state index is 12.2. The molecule has 5 unspecified atom stereocenters. The van der Waals surface area contributed by atoms with Crippen molar-refractivity contribution in [1.29, 1.82) is 0 Å². The van der Waals surface area contributed by atoms with Crippen molar-refractivity contribution in [3.63, 3.8) is 0 Å². The standard InChI is InChI=1S/C13H22N2O/c14-11-2-1-3-12(11)15-13(16)10-7-8-4-5-9(10)6-8/h8-12H,1-7,14H2,(H,15,16). The van der Waals surface area contributed by atoms with Crippen molar-refractivity contribution in [3.8, 4) is 0 Å². The SMILES string of the molecule is NC1CCCC1NC(=O)C1CC2CCC1C2. The topological polar surface area (TPSA) is 55.1 Å². The minimum absolute atomic E-state index is 0.197. The van der Waals surface area contributed by atoms with Gasteiger partial charge in [0.05, 0.1) is 0 Å². The molecule has 0 aromatic heterocycles. The fourth-order valence-electron chi connectivity index (χ4n) is 4.02. The van der Waals surface area contributed by atoms with Gasteiger partial charge in [-0.05, 0) is 50.4 Å². The van der Waals surface area contributed by atoms with Crippen molar-refractivity contribution in [3.05, 3.63) is 0 Å². The maximum atomic E-state index is 12.2. The third-order valence-corrected chi connectivity index (χ3v) is 4.97. The molecular formula is C13H22N2O. The van der Waals surface area contributed by atoms with E-state index in [1.54, 1.807) is 0 Å². The molecule has 0 aromatic carbocycles. The molecule has 0 saturated heterocycles. The maximum Gasteiger partial charge on any atom is 0.223 e. The molecule has 2 bridgehead atoms. The van der Waals surface area contributed by atoms with Gasteiger partial charge in [-0.3, -0.25) is 4.79 Å². The van der Waals surface area contributed by atoms with Gasteiger partial charge < -0.3 is 11.1 Å². The molecular weight excluding hydrogens is 200 g/mol. The summed E-state index contributed by atoms with van der Waals surface area (Å²) < 4.78 is 0. The van der Waals surface area contributed by atoms with Crippen LogP contribution in [0.5, 0.6) is 0 Å². The lowest BCUT2D eigenvalue weighted by Gasteiger charge is -2.24. The second kappa shape index (κ2) is 4.02. The van der Waals surface area contributed by atoms with Gasteiger partial charge in [0.2, 0.25) is 5.91 Å². The zero-order valence-electron chi connectivity index (χ0n) is 9.82. The van der Waals surface area contributed by atoms with Crippen molar-refractivity contribution in [2.45, 2.75) is 57.0 Å². The second-order valence-corrected chi connectivity index (χ2v) is 5.99. The van der Waals surface area contributed by atoms with Crippen LogP contribution in [0.2, 0.25) is 0 Å². The summed E-state index contributed by atoms with van der Waals surface area (Å²) in [6.45, 7) is 0. The second-order valence-electron chi connectivity index (χ2n) is 5.99. The van der Waals surface area contributed by atoms with Crippen LogP contribution in [0.1, 0.15) is 44.9 Å². The molecule has 5 atom stereocenters. The van der Waals surface area contributed by atoms with Gasteiger partial charge in [0.15, 0.2) is 0 Å². The molecule has 3 heteroatoms. The molecule has 3 N–H and O–H groups in total. The zero-order valence-corrected chi connectivity index (χ0v) is 9.82. The normalized spacial score (nSPS) is 46.2. The molecule has 1 amide bonds. The highest BCUT2D eigenvalue weighted by Gasteiger charge is 2.43. The molecule has 3 aliphatic carbocycles. The molecule has 3 saturated carbocycles. The molecule has 0 spiro atoms. The lowest BCUT2D eigenvalue weighted by atomic mass is 9.88. The van der Waals surface area contributed by atoms with Crippen molar-refractivity contribution in [2.75, 3.05) is 0 Å². The Morgan fingerprint density at radius 1 is 1.12 bits per heavy atom. The van der Waals surface area contributed by atoms with Crippen LogP contribution in [-0.2, 0) is 4.79 Å². The van der Waals surface area contributed by atoms with E-state index in [4.69, 9.17) is 5.73 Å². The summed E-state index contributed by atoms with van der Waals surface area (Å²) in [5, 5.41) is 3.19. The molecule has 3 nitrogen and oxygen atoms in total. The number of nitrogens with two attached hydrogens (primary N) is 1. The first-order chi connectivity index (χ1) is 7.74. The van der Waals surface area contributed by atoms with Gasteiger partial charge in [-0.15, -0.1) is 0 Å². The van der Waals surface area contributed by atoms with E-state index in [1.807, 2.05) is 0 Å². The summed E-state index contributed by atoms with van der Waals surface area (Å²) in [5.74, 6) is 2.14. The van der Waals surface area contributed by atoms with Gasteiger partial charge >= 0.3 is 0 Å². The van der Waals surface area contributed by atoms with Crippen LogP contribution >= 0.6 is 0 Å². The van der Waals surface area contributed by atoms with Gasteiger partial charge in [0.25, 0.3) is 0 Å².